The lowest BCUT2D eigenvalue weighted by atomic mass is 10.1. The number of carbonyl (C=O) groups is 2. The maximum atomic E-state index is 14.6. The zero-order valence-corrected chi connectivity index (χ0v) is 23.9. The molecule has 208 valence electrons. The molecule has 3 aromatic carbocycles. The van der Waals surface area contributed by atoms with Gasteiger partial charge in [-0.1, -0.05) is 60.8 Å². The van der Waals surface area contributed by atoms with Crippen LogP contribution in [0.25, 0.3) is 0 Å². The van der Waals surface area contributed by atoms with E-state index in [1.54, 1.807) is 18.2 Å². The molecule has 7 nitrogen and oxygen atoms in total. The summed E-state index contributed by atoms with van der Waals surface area (Å²) in [6, 6.07) is 16.5. The molecular formula is C28H30Cl2FN3O4S. The Morgan fingerprint density at radius 3 is 2.31 bits per heavy atom. The Kier molecular flexibility index (Phi) is 10.7. The molecule has 0 saturated heterocycles. The van der Waals surface area contributed by atoms with Gasteiger partial charge in [-0.05, 0) is 61.9 Å². The zero-order valence-electron chi connectivity index (χ0n) is 21.6. The average molecular weight is 595 g/mol. The van der Waals surface area contributed by atoms with E-state index in [1.807, 2.05) is 6.92 Å². The largest absolute Gasteiger partial charge is 0.354 e. The van der Waals surface area contributed by atoms with Crippen molar-refractivity contribution in [3.63, 3.8) is 0 Å². The van der Waals surface area contributed by atoms with Crippen molar-refractivity contribution in [2.45, 2.75) is 44.2 Å². The Labute approximate surface area is 238 Å². The van der Waals surface area contributed by atoms with E-state index in [2.05, 4.69) is 5.32 Å². The molecule has 0 fully saturated rings. The highest BCUT2D eigenvalue weighted by Gasteiger charge is 2.33. The fourth-order valence-electron chi connectivity index (χ4n) is 3.82. The SMILES string of the molecule is CCCCNC(=O)C(C)N(Cc1ccccc1F)C(=O)CN(c1cccc(Cl)c1)S(=O)(=O)c1ccc(Cl)cc1. The van der Waals surface area contributed by atoms with Crippen molar-refractivity contribution in [3.8, 4) is 0 Å². The molecule has 11 heteroatoms. The minimum atomic E-state index is -4.27. The van der Waals surface area contributed by atoms with Crippen LogP contribution >= 0.6 is 23.2 Å². The van der Waals surface area contributed by atoms with E-state index in [-0.39, 0.29) is 27.7 Å². The first kappa shape index (κ1) is 30.4. The number of sulfonamides is 1. The molecule has 1 atom stereocenters. The Morgan fingerprint density at radius 1 is 0.974 bits per heavy atom. The van der Waals surface area contributed by atoms with Gasteiger partial charge in [0.05, 0.1) is 10.6 Å². The van der Waals surface area contributed by atoms with Gasteiger partial charge in [-0.15, -0.1) is 0 Å². The summed E-state index contributed by atoms with van der Waals surface area (Å²) in [5, 5.41) is 3.40. The number of benzene rings is 3. The van der Waals surface area contributed by atoms with Gasteiger partial charge in [0.25, 0.3) is 10.0 Å². The fourth-order valence-corrected chi connectivity index (χ4v) is 5.54. The molecule has 0 aromatic heterocycles. The third kappa shape index (κ3) is 7.94. The fraction of sp³-hybridized carbons (Fsp3) is 0.286. The summed E-state index contributed by atoms with van der Waals surface area (Å²) >= 11 is 12.1. The van der Waals surface area contributed by atoms with Gasteiger partial charge in [0.2, 0.25) is 11.8 Å². The van der Waals surface area contributed by atoms with Crippen molar-refractivity contribution in [1.82, 2.24) is 10.2 Å². The Hall–Kier alpha value is -3.14. The van der Waals surface area contributed by atoms with Crippen LogP contribution in [0.1, 0.15) is 32.3 Å². The maximum Gasteiger partial charge on any atom is 0.264 e. The van der Waals surface area contributed by atoms with Crippen molar-refractivity contribution in [3.05, 3.63) is 94.2 Å². The summed E-state index contributed by atoms with van der Waals surface area (Å²) in [7, 11) is -4.27. The number of amides is 2. The summed E-state index contributed by atoms with van der Waals surface area (Å²) in [5.41, 5.74) is 0.339. The van der Waals surface area contributed by atoms with E-state index in [9.17, 15) is 22.4 Å². The molecule has 0 spiro atoms. The van der Waals surface area contributed by atoms with Gasteiger partial charge in [-0.25, -0.2) is 12.8 Å². The Bertz CT molecular complexity index is 1400. The minimum Gasteiger partial charge on any atom is -0.354 e. The van der Waals surface area contributed by atoms with Crippen molar-refractivity contribution >= 4 is 50.7 Å². The van der Waals surface area contributed by atoms with Crippen LogP contribution in [0.4, 0.5) is 10.1 Å². The number of hydrogen-bond donors (Lipinski definition) is 1. The third-order valence-electron chi connectivity index (χ3n) is 6.07. The number of unbranched alkanes of at least 4 members (excludes halogenated alkanes) is 1. The van der Waals surface area contributed by atoms with E-state index in [1.165, 1.54) is 66.4 Å². The van der Waals surface area contributed by atoms with Crippen LogP contribution < -0.4 is 9.62 Å². The molecule has 2 amide bonds. The molecule has 0 bridgehead atoms. The molecule has 0 aliphatic rings. The van der Waals surface area contributed by atoms with Crippen LogP contribution in [0, 0.1) is 5.82 Å². The lowest BCUT2D eigenvalue weighted by molar-refractivity contribution is -0.139. The van der Waals surface area contributed by atoms with Gasteiger partial charge in [0, 0.05) is 28.7 Å². The van der Waals surface area contributed by atoms with E-state index in [0.29, 0.717) is 11.6 Å². The first-order valence-electron chi connectivity index (χ1n) is 12.4. The molecule has 0 radical (unpaired) electrons. The second kappa shape index (κ2) is 13.8. The second-order valence-electron chi connectivity index (χ2n) is 8.88. The number of nitrogens with zero attached hydrogens (tertiary/aromatic N) is 2. The van der Waals surface area contributed by atoms with E-state index < -0.39 is 40.2 Å². The maximum absolute atomic E-state index is 14.6. The van der Waals surface area contributed by atoms with Crippen LogP contribution in [0.2, 0.25) is 10.0 Å². The van der Waals surface area contributed by atoms with E-state index in [4.69, 9.17) is 23.2 Å². The standard InChI is InChI=1S/C28H30Cl2FN3O4S/c1-3-4-16-32-28(36)20(2)33(18-21-8-5-6-11-26(21)31)27(35)19-34(24-10-7-9-23(30)17-24)39(37,38)25-14-12-22(29)13-15-25/h5-15,17,20H,3-4,16,18-19H2,1-2H3,(H,32,36). The molecule has 39 heavy (non-hydrogen) atoms. The first-order chi connectivity index (χ1) is 18.5. The number of carbonyl (C=O) groups excluding carboxylic acids is 2. The van der Waals surface area contributed by atoms with Gasteiger partial charge < -0.3 is 10.2 Å². The highest BCUT2D eigenvalue weighted by Crippen LogP contribution is 2.27. The summed E-state index contributed by atoms with van der Waals surface area (Å²) in [6.45, 7) is 3.03. The molecule has 0 saturated carbocycles. The zero-order chi connectivity index (χ0) is 28.6. The summed E-state index contributed by atoms with van der Waals surface area (Å²) in [6.07, 6.45) is 1.62. The number of rotatable bonds is 12. The van der Waals surface area contributed by atoms with Crippen molar-refractivity contribution in [2.24, 2.45) is 0 Å². The number of hydrogen-bond acceptors (Lipinski definition) is 4. The third-order valence-corrected chi connectivity index (χ3v) is 8.35. The van der Waals surface area contributed by atoms with Crippen LogP contribution in [0.5, 0.6) is 0 Å². The highest BCUT2D eigenvalue weighted by atomic mass is 35.5. The van der Waals surface area contributed by atoms with Crippen LogP contribution in [0.3, 0.4) is 0 Å². The monoisotopic (exact) mass is 593 g/mol. The van der Waals surface area contributed by atoms with E-state index in [0.717, 1.165) is 17.1 Å². The lowest BCUT2D eigenvalue weighted by Gasteiger charge is -2.32. The number of halogens is 3. The Balaban J connectivity index is 2.01. The molecule has 0 heterocycles. The van der Waals surface area contributed by atoms with E-state index >= 15 is 0 Å². The summed E-state index contributed by atoms with van der Waals surface area (Å²) in [5.74, 6) is -1.67. The molecule has 3 aromatic rings. The van der Waals surface area contributed by atoms with Gasteiger partial charge in [-0.2, -0.15) is 0 Å². The van der Waals surface area contributed by atoms with Crippen LogP contribution in [-0.4, -0.2) is 44.3 Å². The summed E-state index contributed by atoms with van der Waals surface area (Å²) < 4.78 is 43.0. The van der Waals surface area contributed by atoms with Crippen molar-refractivity contribution in [2.75, 3.05) is 17.4 Å². The molecular weight excluding hydrogens is 564 g/mol. The van der Waals surface area contributed by atoms with Crippen LogP contribution in [-0.2, 0) is 26.2 Å². The lowest BCUT2D eigenvalue weighted by Crippen LogP contribution is -2.51. The molecule has 1 unspecified atom stereocenters. The minimum absolute atomic E-state index is 0.0920. The van der Waals surface area contributed by atoms with Gasteiger partial charge in [0.1, 0.15) is 18.4 Å². The highest BCUT2D eigenvalue weighted by molar-refractivity contribution is 7.92. The number of nitrogens with one attached hydrogen (secondary N) is 1. The average Bonchev–Trinajstić information content (AvgIpc) is 2.91. The van der Waals surface area contributed by atoms with Crippen molar-refractivity contribution < 1.29 is 22.4 Å². The summed E-state index contributed by atoms with van der Waals surface area (Å²) in [4.78, 5) is 27.8. The second-order valence-corrected chi connectivity index (χ2v) is 11.6. The van der Waals surface area contributed by atoms with Gasteiger partial charge in [0.15, 0.2) is 0 Å². The Morgan fingerprint density at radius 2 is 1.67 bits per heavy atom. The normalized spacial score (nSPS) is 12.0. The first-order valence-corrected chi connectivity index (χ1v) is 14.6. The van der Waals surface area contributed by atoms with Crippen LogP contribution in [0.15, 0.2) is 77.7 Å². The predicted molar refractivity (Wildman–Crippen MR) is 152 cm³/mol. The van der Waals surface area contributed by atoms with Gasteiger partial charge in [-0.3, -0.25) is 13.9 Å². The molecule has 3 rings (SSSR count). The number of anilines is 1. The quantitative estimate of drug-likeness (QED) is 0.274. The predicted octanol–water partition coefficient (Wildman–Crippen LogP) is 5.66. The molecule has 0 aliphatic heterocycles. The molecule has 0 aliphatic carbocycles. The smallest absolute Gasteiger partial charge is 0.264 e. The topological polar surface area (TPSA) is 86.8 Å². The van der Waals surface area contributed by atoms with Gasteiger partial charge >= 0.3 is 0 Å². The van der Waals surface area contributed by atoms with Crippen molar-refractivity contribution in [1.29, 1.82) is 0 Å². The molecule has 1 N–H and O–H groups in total.